The zero-order valence-electron chi connectivity index (χ0n) is 14.4. The number of nitrogens with two attached hydrogens (primary N) is 1. The average molecular weight is 370 g/mol. The number of benzene rings is 2. The maximum atomic E-state index is 12.2. The molecule has 2 amide bonds. The molecule has 0 aromatic heterocycles. The van der Waals surface area contributed by atoms with Gasteiger partial charge in [-0.2, -0.15) is 0 Å². The predicted octanol–water partition coefficient (Wildman–Crippen LogP) is 0.817. The lowest BCUT2D eigenvalue weighted by Crippen LogP contribution is -2.41. The SMILES string of the molecule is Cc1cc(C(=N)N)ccc1C(=O)NNC(=O)c1ccc(OCC(=O)O)cc1. The van der Waals surface area contributed by atoms with Crippen molar-refractivity contribution in [3.05, 3.63) is 64.7 Å². The van der Waals surface area contributed by atoms with Gasteiger partial charge in [-0.25, -0.2) is 4.79 Å². The molecule has 0 atom stereocenters. The minimum atomic E-state index is -1.11. The first-order valence-corrected chi connectivity index (χ1v) is 7.78. The van der Waals surface area contributed by atoms with Gasteiger partial charge in [0.15, 0.2) is 6.61 Å². The van der Waals surface area contributed by atoms with Gasteiger partial charge in [0.1, 0.15) is 11.6 Å². The number of rotatable bonds is 6. The minimum absolute atomic E-state index is 0.103. The summed E-state index contributed by atoms with van der Waals surface area (Å²) in [5.41, 5.74) is 11.7. The van der Waals surface area contributed by atoms with Crippen molar-refractivity contribution in [1.29, 1.82) is 5.41 Å². The Labute approximate surface area is 154 Å². The van der Waals surface area contributed by atoms with Crippen LogP contribution >= 0.6 is 0 Å². The molecule has 2 aromatic rings. The summed E-state index contributed by atoms with van der Waals surface area (Å²) in [4.78, 5) is 34.7. The van der Waals surface area contributed by atoms with Gasteiger partial charge in [-0.15, -0.1) is 0 Å². The molecule has 0 unspecified atom stereocenters. The molecule has 2 aromatic carbocycles. The van der Waals surface area contributed by atoms with E-state index < -0.39 is 24.4 Å². The Hall–Kier alpha value is -3.88. The van der Waals surface area contributed by atoms with E-state index in [2.05, 4.69) is 10.9 Å². The maximum Gasteiger partial charge on any atom is 0.341 e. The number of hydrogen-bond donors (Lipinski definition) is 5. The Morgan fingerprint density at radius 3 is 2.19 bits per heavy atom. The molecule has 6 N–H and O–H groups in total. The van der Waals surface area contributed by atoms with Crippen LogP contribution in [0.3, 0.4) is 0 Å². The number of carboxylic acids is 1. The fourth-order valence-electron chi connectivity index (χ4n) is 2.19. The Balaban J connectivity index is 1.95. The quantitative estimate of drug-likeness (QED) is 0.288. The highest BCUT2D eigenvalue weighted by atomic mass is 16.5. The largest absolute Gasteiger partial charge is 0.482 e. The molecule has 0 heterocycles. The molecule has 0 radical (unpaired) electrons. The van der Waals surface area contributed by atoms with Crippen LogP contribution < -0.4 is 21.3 Å². The minimum Gasteiger partial charge on any atom is -0.482 e. The number of nitrogens with one attached hydrogen (secondary N) is 3. The highest BCUT2D eigenvalue weighted by Crippen LogP contribution is 2.13. The third kappa shape index (κ3) is 5.30. The molecule has 9 nitrogen and oxygen atoms in total. The van der Waals surface area contributed by atoms with E-state index in [-0.39, 0.29) is 11.4 Å². The third-order valence-electron chi connectivity index (χ3n) is 3.55. The molecule has 9 heteroatoms. The first-order chi connectivity index (χ1) is 12.8. The number of nitrogen functional groups attached to an aromatic ring is 1. The van der Waals surface area contributed by atoms with Crippen molar-refractivity contribution in [2.75, 3.05) is 6.61 Å². The van der Waals surface area contributed by atoms with Crippen LogP contribution in [-0.2, 0) is 4.79 Å². The van der Waals surface area contributed by atoms with Crippen LogP contribution in [0.2, 0.25) is 0 Å². The standard InChI is InChI=1S/C18H18N4O5/c1-10-8-12(16(19)20)4-7-14(10)18(26)22-21-17(25)11-2-5-13(6-3-11)27-9-15(23)24/h2-8H,9H2,1H3,(H3,19,20)(H,21,25)(H,22,26)(H,23,24). The molecule has 140 valence electrons. The second-order valence-corrected chi connectivity index (χ2v) is 5.56. The molecule has 0 aliphatic rings. The van der Waals surface area contributed by atoms with E-state index >= 15 is 0 Å². The fourth-order valence-corrected chi connectivity index (χ4v) is 2.19. The van der Waals surface area contributed by atoms with Gasteiger partial charge in [-0.3, -0.25) is 25.8 Å². The van der Waals surface area contributed by atoms with E-state index in [0.29, 0.717) is 22.4 Å². The van der Waals surface area contributed by atoms with E-state index in [9.17, 15) is 14.4 Å². The Kier molecular flexibility index (Phi) is 6.10. The molecule has 2 rings (SSSR count). The van der Waals surface area contributed by atoms with Gasteiger partial charge in [-0.1, -0.05) is 6.07 Å². The Morgan fingerprint density at radius 1 is 1.04 bits per heavy atom. The summed E-state index contributed by atoms with van der Waals surface area (Å²) in [5.74, 6) is -1.97. The molecule has 0 fully saturated rings. The van der Waals surface area contributed by atoms with Crippen molar-refractivity contribution < 1.29 is 24.2 Å². The van der Waals surface area contributed by atoms with Crippen molar-refractivity contribution in [2.24, 2.45) is 5.73 Å². The third-order valence-corrected chi connectivity index (χ3v) is 3.55. The number of carboxylic acid groups (broad SMARTS) is 1. The summed E-state index contributed by atoms with van der Waals surface area (Å²) in [5, 5.41) is 15.9. The number of amidine groups is 1. The van der Waals surface area contributed by atoms with Crippen LogP contribution in [0.4, 0.5) is 0 Å². The van der Waals surface area contributed by atoms with Crippen molar-refractivity contribution in [2.45, 2.75) is 6.92 Å². The molecule has 0 saturated heterocycles. The topological polar surface area (TPSA) is 155 Å². The lowest BCUT2D eigenvalue weighted by molar-refractivity contribution is -0.139. The van der Waals surface area contributed by atoms with E-state index in [1.165, 1.54) is 30.3 Å². The number of carbonyl (C=O) groups excluding carboxylic acids is 2. The highest BCUT2D eigenvalue weighted by Gasteiger charge is 2.12. The van der Waals surface area contributed by atoms with Crippen LogP contribution in [0.1, 0.15) is 31.8 Å². The molecule has 27 heavy (non-hydrogen) atoms. The van der Waals surface area contributed by atoms with Crippen LogP contribution in [-0.4, -0.2) is 35.3 Å². The van der Waals surface area contributed by atoms with Gasteiger partial charge >= 0.3 is 5.97 Å². The fraction of sp³-hybridized carbons (Fsp3) is 0.111. The van der Waals surface area contributed by atoms with E-state index in [1.54, 1.807) is 19.1 Å². The number of aliphatic carboxylic acids is 1. The number of hydrazine groups is 1. The molecule has 0 aliphatic heterocycles. The number of amides is 2. The number of hydrogen-bond acceptors (Lipinski definition) is 5. The molecule has 0 aliphatic carbocycles. The molecular formula is C18H18N4O5. The number of aryl methyl sites for hydroxylation is 1. The first-order valence-electron chi connectivity index (χ1n) is 7.78. The lowest BCUT2D eigenvalue weighted by Gasteiger charge is -2.10. The monoisotopic (exact) mass is 370 g/mol. The van der Waals surface area contributed by atoms with Crippen LogP contribution in [0.15, 0.2) is 42.5 Å². The zero-order valence-corrected chi connectivity index (χ0v) is 14.4. The van der Waals surface area contributed by atoms with Crippen molar-refractivity contribution in [1.82, 2.24) is 10.9 Å². The molecular weight excluding hydrogens is 352 g/mol. The summed E-state index contributed by atoms with van der Waals surface area (Å²) in [6, 6.07) is 10.4. The number of ether oxygens (including phenoxy) is 1. The smallest absolute Gasteiger partial charge is 0.341 e. The van der Waals surface area contributed by atoms with Gasteiger partial charge in [0, 0.05) is 16.7 Å². The van der Waals surface area contributed by atoms with Gasteiger partial charge in [-0.05, 0) is 48.9 Å². The summed E-state index contributed by atoms with van der Waals surface area (Å²) in [7, 11) is 0. The second kappa shape index (κ2) is 8.48. The highest BCUT2D eigenvalue weighted by molar-refractivity contribution is 6.01. The number of carbonyl (C=O) groups is 3. The van der Waals surface area contributed by atoms with Crippen LogP contribution in [0, 0.1) is 12.3 Å². The van der Waals surface area contributed by atoms with Gasteiger partial charge in [0.05, 0.1) is 0 Å². The Morgan fingerprint density at radius 2 is 1.63 bits per heavy atom. The zero-order chi connectivity index (χ0) is 20.0. The predicted molar refractivity (Wildman–Crippen MR) is 96.7 cm³/mol. The summed E-state index contributed by atoms with van der Waals surface area (Å²) < 4.78 is 4.97. The van der Waals surface area contributed by atoms with E-state index in [4.69, 9.17) is 21.0 Å². The Bertz CT molecular complexity index is 893. The van der Waals surface area contributed by atoms with Crippen LogP contribution in [0.5, 0.6) is 5.75 Å². The second-order valence-electron chi connectivity index (χ2n) is 5.56. The first kappa shape index (κ1) is 19.4. The molecule has 0 saturated carbocycles. The maximum absolute atomic E-state index is 12.2. The van der Waals surface area contributed by atoms with Crippen LogP contribution in [0.25, 0.3) is 0 Å². The van der Waals surface area contributed by atoms with E-state index in [0.717, 1.165) is 0 Å². The van der Waals surface area contributed by atoms with Gasteiger partial charge in [0.2, 0.25) is 0 Å². The molecule has 0 bridgehead atoms. The molecule has 0 spiro atoms. The summed E-state index contributed by atoms with van der Waals surface area (Å²) in [6.45, 7) is 1.21. The summed E-state index contributed by atoms with van der Waals surface area (Å²) >= 11 is 0. The van der Waals surface area contributed by atoms with Crippen molar-refractivity contribution in [3.8, 4) is 5.75 Å². The van der Waals surface area contributed by atoms with Gasteiger partial charge < -0.3 is 15.6 Å². The van der Waals surface area contributed by atoms with Gasteiger partial charge in [0.25, 0.3) is 11.8 Å². The summed E-state index contributed by atoms with van der Waals surface area (Å²) in [6.07, 6.45) is 0. The van der Waals surface area contributed by atoms with E-state index in [1.807, 2.05) is 0 Å². The normalized spacial score (nSPS) is 9.96. The lowest BCUT2D eigenvalue weighted by atomic mass is 10.0. The average Bonchev–Trinajstić information content (AvgIpc) is 2.64. The van der Waals surface area contributed by atoms with Crippen molar-refractivity contribution in [3.63, 3.8) is 0 Å². The van der Waals surface area contributed by atoms with Crippen molar-refractivity contribution >= 4 is 23.6 Å².